The van der Waals surface area contributed by atoms with Crippen molar-refractivity contribution in [2.45, 2.75) is 109 Å². The van der Waals surface area contributed by atoms with E-state index >= 15 is 0 Å². The normalized spacial score (nSPS) is 22.5. The third-order valence-corrected chi connectivity index (χ3v) is 9.07. The highest BCUT2D eigenvalue weighted by Crippen LogP contribution is 2.33. The Kier molecular flexibility index (Phi) is 9.88. The number of ketones is 1. The van der Waals surface area contributed by atoms with Crippen molar-refractivity contribution in [1.29, 1.82) is 0 Å². The lowest BCUT2D eigenvalue weighted by atomic mass is 9.98. The van der Waals surface area contributed by atoms with Gasteiger partial charge in [-0.1, -0.05) is 20.3 Å². The molecule has 0 radical (unpaired) electrons. The number of anilines is 1. The fourth-order valence-electron chi connectivity index (χ4n) is 6.37. The molecule has 1 unspecified atom stereocenters. The van der Waals surface area contributed by atoms with Crippen molar-refractivity contribution in [2.24, 2.45) is 5.92 Å². The van der Waals surface area contributed by atoms with E-state index in [1.807, 2.05) is 24.1 Å². The van der Waals surface area contributed by atoms with E-state index in [0.29, 0.717) is 30.3 Å². The van der Waals surface area contributed by atoms with Crippen LogP contribution in [0, 0.1) is 5.92 Å². The number of aryl methyl sites for hydroxylation is 1. The van der Waals surface area contributed by atoms with Crippen molar-refractivity contribution in [3.05, 3.63) is 29.6 Å². The van der Waals surface area contributed by atoms with Crippen LogP contribution in [0.25, 0.3) is 11.5 Å². The predicted octanol–water partition coefficient (Wildman–Crippen LogP) is 5.06. The second kappa shape index (κ2) is 13.6. The fraction of sp³-hybridized carbons (Fsp3) is 0.688. The summed E-state index contributed by atoms with van der Waals surface area (Å²) in [5.41, 5.74) is 2.37. The van der Waals surface area contributed by atoms with Crippen LogP contribution in [0.3, 0.4) is 0 Å². The number of likely N-dealkylation sites (N-methyl/N-ethyl adjacent to an activating group) is 1. The molecule has 0 spiro atoms. The van der Waals surface area contributed by atoms with E-state index in [9.17, 15) is 9.90 Å². The Morgan fingerprint density at radius 1 is 1.12 bits per heavy atom. The van der Waals surface area contributed by atoms with Crippen molar-refractivity contribution in [2.75, 3.05) is 31.7 Å². The van der Waals surface area contributed by atoms with Crippen LogP contribution < -0.4 is 9.64 Å². The first kappa shape index (κ1) is 29.9. The molecule has 9 heteroatoms. The van der Waals surface area contributed by atoms with Crippen LogP contribution in [0.15, 0.2) is 18.3 Å². The molecular weight excluding hydrogens is 520 g/mol. The van der Waals surface area contributed by atoms with E-state index < -0.39 is 5.60 Å². The van der Waals surface area contributed by atoms with Crippen molar-refractivity contribution >= 4 is 11.6 Å². The summed E-state index contributed by atoms with van der Waals surface area (Å²) in [5, 5.41) is 10.2. The number of hydrogen-bond acceptors (Lipinski definition) is 9. The smallest absolute Gasteiger partial charge is 0.180 e. The second-order valence-electron chi connectivity index (χ2n) is 12.0. The molecule has 2 aliphatic carbocycles. The van der Waals surface area contributed by atoms with E-state index in [4.69, 9.17) is 24.2 Å². The van der Waals surface area contributed by atoms with Gasteiger partial charge in [0.05, 0.1) is 12.6 Å². The number of ether oxygens (including phenoxy) is 3. The zero-order chi connectivity index (χ0) is 28.8. The number of pyridine rings is 1. The van der Waals surface area contributed by atoms with E-state index in [1.54, 1.807) is 6.20 Å². The minimum absolute atomic E-state index is 0.0780. The summed E-state index contributed by atoms with van der Waals surface area (Å²) in [6, 6.07) is 3.74. The molecule has 1 aliphatic heterocycles. The maximum atomic E-state index is 12.9. The number of rotatable bonds is 13. The number of aliphatic hydroxyl groups excluding tert-OH is 1. The maximum absolute atomic E-state index is 12.9. The SMILES string of the molecule is CCC(CC)(COc1ccnc(-c2nc3c(c(N(C)CC(=O)C[C@@H]4CCC[C@@H]4O)n2)CCC3)c1)OC1CCCCO1. The molecule has 41 heavy (non-hydrogen) atoms. The molecular formula is C32H46N4O5. The average molecular weight is 567 g/mol. The summed E-state index contributed by atoms with van der Waals surface area (Å²) in [7, 11) is 1.92. The van der Waals surface area contributed by atoms with Crippen molar-refractivity contribution < 1.29 is 24.1 Å². The Morgan fingerprint density at radius 2 is 1.98 bits per heavy atom. The monoisotopic (exact) mass is 566 g/mol. The van der Waals surface area contributed by atoms with Gasteiger partial charge in [0.1, 0.15) is 29.5 Å². The molecule has 1 N–H and O–H groups in total. The third kappa shape index (κ3) is 7.24. The van der Waals surface area contributed by atoms with Crippen LogP contribution in [0.5, 0.6) is 5.75 Å². The third-order valence-electron chi connectivity index (χ3n) is 9.07. The Hall–Kier alpha value is -2.62. The van der Waals surface area contributed by atoms with Gasteiger partial charge in [0.15, 0.2) is 17.9 Å². The first-order chi connectivity index (χ1) is 19.9. The molecule has 3 aliphatic rings. The molecule has 0 aromatic carbocycles. The van der Waals surface area contributed by atoms with Gasteiger partial charge in [-0.3, -0.25) is 9.78 Å². The number of hydrogen-bond donors (Lipinski definition) is 1. The number of carbonyl (C=O) groups is 1. The molecule has 1 saturated heterocycles. The quantitative estimate of drug-likeness (QED) is 0.356. The van der Waals surface area contributed by atoms with Crippen LogP contribution in [0.4, 0.5) is 5.82 Å². The molecule has 9 nitrogen and oxygen atoms in total. The first-order valence-corrected chi connectivity index (χ1v) is 15.6. The van der Waals surface area contributed by atoms with Gasteiger partial charge in [-0.15, -0.1) is 0 Å². The number of Topliss-reactive ketones (excluding diaryl/α,β-unsaturated/α-hetero) is 1. The molecule has 2 fully saturated rings. The summed E-state index contributed by atoms with van der Waals surface area (Å²) < 4.78 is 18.6. The summed E-state index contributed by atoms with van der Waals surface area (Å²) in [4.78, 5) is 29.3. The molecule has 3 heterocycles. The highest BCUT2D eigenvalue weighted by atomic mass is 16.7. The van der Waals surface area contributed by atoms with E-state index in [-0.39, 0.29) is 30.6 Å². The molecule has 1 saturated carbocycles. The molecule has 2 aromatic rings. The topological polar surface area (TPSA) is 107 Å². The number of fused-ring (bicyclic) bond motifs is 1. The lowest BCUT2D eigenvalue weighted by molar-refractivity contribution is -0.234. The Labute approximate surface area is 244 Å². The number of aliphatic hydroxyl groups is 1. The lowest BCUT2D eigenvalue weighted by Gasteiger charge is -2.36. The predicted molar refractivity (Wildman–Crippen MR) is 157 cm³/mol. The highest BCUT2D eigenvalue weighted by Gasteiger charge is 2.33. The van der Waals surface area contributed by atoms with Gasteiger partial charge in [0.25, 0.3) is 0 Å². The first-order valence-electron chi connectivity index (χ1n) is 15.6. The van der Waals surface area contributed by atoms with E-state index in [1.165, 1.54) is 0 Å². The number of aromatic nitrogens is 3. The number of carbonyl (C=O) groups excluding carboxylic acids is 1. The second-order valence-corrected chi connectivity index (χ2v) is 12.0. The van der Waals surface area contributed by atoms with Gasteiger partial charge in [0.2, 0.25) is 0 Å². The van der Waals surface area contributed by atoms with Crippen molar-refractivity contribution in [3.63, 3.8) is 0 Å². The standard InChI is InChI=1S/C32H46N4O5/c1-4-32(5-2,41-29-14-6-7-17-39-29)21-40-24-15-16-33-27(19-24)30-34-26-12-9-11-25(26)31(35-30)36(3)20-23(37)18-22-10-8-13-28(22)38/h15-16,19,22,28-29,38H,4-14,17-18,20-21H2,1-3H3/t22-,28-,29?/m0/s1. The van der Waals surface area contributed by atoms with Crippen LogP contribution in [0.1, 0.15) is 89.3 Å². The van der Waals surface area contributed by atoms with Gasteiger partial charge in [-0.2, -0.15) is 0 Å². The molecule has 0 bridgehead atoms. The van der Waals surface area contributed by atoms with Gasteiger partial charge in [0, 0.05) is 43.6 Å². The largest absolute Gasteiger partial charge is 0.490 e. The lowest BCUT2D eigenvalue weighted by Crippen LogP contribution is -2.43. The molecule has 2 aromatic heterocycles. The summed E-state index contributed by atoms with van der Waals surface area (Å²) in [5.74, 6) is 2.25. The maximum Gasteiger partial charge on any atom is 0.180 e. The summed E-state index contributed by atoms with van der Waals surface area (Å²) in [6.07, 6.45) is 11.9. The minimum Gasteiger partial charge on any atom is -0.490 e. The summed E-state index contributed by atoms with van der Waals surface area (Å²) >= 11 is 0. The van der Waals surface area contributed by atoms with Gasteiger partial charge < -0.3 is 24.2 Å². The van der Waals surface area contributed by atoms with E-state index in [2.05, 4.69) is 18.8 Å². The summed E-state index contributed by atoms with van der Waals surface area (Å²) in [6.45, 7) is 5.69. The highest BCUT2D eigenvalue weighted by molar-refractivity contribution is 5.83. The zero-order valence-electron chi connectivity index (χ0n) is 24.9. The Bertz CT molecular complexity index is 1180. The van der Waals surface area contributed by atoms with E-state index in [0.717, 1.165) is 94.3 Å². The molecule has 3 atom stereocenters. The van der Waals surface area contributed by atoms with Gasteiger partial charge in [-0.25, -0.2) is 9.97 Å². The van der Waals surface area contributed by atoms with Gasteiger partial charge in [-0.05, 0) is 76.2 Å². The van der Waals surface area contributed by atoms with Crippen LogP contribution in [-0.4, -0.2) is 70.6 Å². The van der Waals surface area contributed by atoms with Gasteiger partial charge >= 0.3 is 0 Å². The molecule has 0 amide bonds. The number of nitrogens with zero attached hydrogens (tertiary/aromatic N) is 4. The van der Waals surface area contributed by atoms with Crippen molar-refractivity contribution in [1.82, 2.24) is 15.0 Å². The van der Waals surface area contributed by atoms with Crippen LogP contribution >= 0.6 is 0 Å². The van der Waals surface area contributed by atoms with Crippen molar-refractivity contribution in [3.8, 4) is 17.3 Å². The molecule has 5 rings (SSSR count). The van der Waals surface area contributed by atoms with Crippen LogP contribution in [-0.2, 0) is 27.1 Å². The minimum atomic E-state index is -0.424. The Morgan fingerprint density at radius 3 is 2.71 bits per heavy atom. The molecule has 224 valence electrons. The zero-order valence-corrected chi connectivity index (χ0v) is 24.9. The fourth-order valence-corrected chi connectivity index (χ4v) is 6.37. The average Bonchev–Trinajstić information content (AvgIpc) is 3.64. The Balaban J connectivity index is 1.30. The van der Waals surface area contributed by atoms with Crippen LogP contribution in [0.2, 0.25) is 0 Å².